The fourth-order valence-electron chi connectivity index (χ4n) is 1.61. The zero-order valence-corrected chi connectivity index (χ0v) is 14.6. The molecule has 0 amide bonds. The van der Waals surface area contributed by atoms with E-state index in [0.717, 1.165) is 12.8 Å². The number of carboxylic acid groups (broad SMARTS) is 1. The van der Waals surface area contributed by atoms with Gasteiger partial charge in [0.05, 0.1) is 23.1 Å². The molecule has 0 radical (unpaired) electrons. The third kappa shape index (κ3) is 8.43. The summed E-state index contributed by atoms with van der Waals surface area (Å²) in [5, 5.41) is 17.5. The number of aromatic carboxylic acids is 1. The zero-order valence-electron chi connectivity index (χ0n) is 14.6. The molecule has 1 atom stereocenters. The fourth-order valence-corrected chi connectivity index (χ4v) is 1.61. The van der Waals surface area contributed by atoms with Gasteiger partial charge >= 0.3 is 17.9 Å². The van der Waals surface area contributed by atoms with Gasteiger partial charge in [0.2, 0.25) is 0 Å². The van der Waals surface area contributed by atoms with E-state index in [1.165, 1.54) is 30.7 Å². The maximum absolute atomic E-state index is 11.6. The van der Waals surface area contributed by atoms with Gasteiger partial charge in [0.1, 0.15) is 0 Å². The van der Waals surface area contributed by atoms with Gasteiger partial charge in [-0.2, -0.15) is 0 Å². The minimum atomic E-state index is -1.24. The number of rotatable bonds is 6. The number of carboxylic acids is 1. The average molecular weight is 338 g/mol. The molecule has 24 heavy (non-hydrogen) atoms. The van der Waals surface area contributed by atoms with Crippen LogP contribution in [-0.4, -0.2) is 34.2 Å². The van der Waals surface area contributed by atoms with Crippen molar-refractivity contribution in [2.75, 3.05) is 0 Å². The Hall–Kier alpha value is -2.21. The highest BCUT2D eigenvalue weighted by Crippen LogP contribution is 2.11. The minimum Gasteiger partial charge on any atom is -0.478 e. The SMILES string of the molecule is CC(C)C(=O)OC(=O)c1ccccc1C(=O)O.CCCCC(C)O. The number of ether oxygens (including phenoxy) is 1. The molecule has 1 rings (SSSR count). The predicted molar refractivity (Wildman–Crippen MR) is 89.9 cm³/mol. The summed E-state index contributed by atoms with van der Waals surface area (Å²) in [6, 6.07) is 5.57. The van der Waals surface area contributed by atoms with Gasteiger partial charge < -0.3 is 14.9 Å². The van der Waals surface area contributed by atoms with Crippen LogP contribution in [0.2, 0.25) is 0 Å². The minimum absolute atomic E-state index is 0.0973. The number of carbonyl (C=O) groups excluding carboxylic acids is 2. The summed E-state index contributed by atoms with van der Waals surface area (Å²) in [4.78, 5) is 33.6. The number of aliphatic hydroxyl groups excluding tert-OH is 1. The summed E-state index contributed by atoms with van der Waals surface area (Å²) in [5.41, 5.74) is -0.317. The van der Waals surface area contributed by atoms with E-state index in [0.29, 0.717) is 0 Å². The van der Waals surface area contributed by atoms with E-state index in [4.69, 9.17) is 10.2 Å². The smallest absolute Gasteiger partial charge is 0.346 e. The van der Waals surface area contributed by atoms with Crippen LogP contribution in [0.3, 0.4) is 0 Å². The van der Waals surface area contributed by atoms with Crippen LogP contribution >= 0.6 is 0 Å². The van der Waals surface area contributed by atoms with Crippen molar-refractivity contribution in [1.82, 2.24) is 0 Å². The number of benzene rings is 1. The van der Waals surface area contributed by atoms with Gasteiger partial charge in [-0.15, -0.1) is 0 Å². The molecule has 134 valence electrons. The van der Waals surface area contributed by atoms with Crippen LogP contribution in [-0.2, 0) is 9.53 Å². The number of unbranched alkanes of at least 4 members (excludes halogenated alkanes) is 1. The van der Waals surface area contributed by atoms with Gasteiger partial charge in [0.25, 0.3) is 0 Å². The molecule has 6 nitrogen and oxygen atoms in total. The molecule has 0 bridgehead atoms. The highest BCUT2D eigenvalue weighted by atomic mass is 16.6. The van der Waals surface area contributed by atoms with E-state index in [1.807, 2.05) is 6.92 Å². The second-order valence-corrected chi connectivity index (χ2v) is 5.71. The average Bonchev–Trinajstić information content (AvgIpc) is 2.53. The van der Waals surface area contributed by atoms with Gasteiger partial charge in [-0.25, -0.2) is 9.59 Å². The Labute approximate surface area is 142 Å². The van der Waals surface area contributed by atoms with Crippen LogP contribution < -0.4 is 0 Å². The van der Waals surface area contributed by atoms with E-state index < -0.39 is 23.8 Å². The van der Waals surface area contributed by atoms with Crippen molar-refractivity contribution < 1.29 is 29.3 Å². The van der Waals surface area contributed by atoms with Gasteiger partial charge in [-0.05, 0) is 25.5 Å². The van der Waals surface area contributed by atoms with Crippen molar-refractivity contribution in [3.63, 3.8) is 0 Å². The molecule has 2 N–H and O–H groups in total. The molecular formula is C18H26O6. The van der Waals surface area contributed by atoms with Crippen molar-refractivity contribution in [3.8, 4) is 0 Å². The molecule has 1 unspecified atom stereocenters. The van der Waals surface area contributed by atoms with Gasteiger partial charge in [-0.1, -0.05) is 45.7 Å². The summed E-state index contributed by atoms with van der Waals surface area (Å²) in [5.74, 6) is -3.32. The lowest BCUT2D eigenvalue weighted by Crippen LogP contribution is -2.19. The van der Waals surface area contributed by atoms with Gasteiger partial charge in [-0.3, -0.25) is 4.79 Å². The van der Waals surface area contributed by atoms with E-state index in [9.17, 15) is 14.4 Å². The number of esters is 2. The van der Waals surface area contributed by atoms with E-state index >= 15 is 0 Å². The largest absolute Gasteiger partial charge is 0.478 e. The first-order chi connectivity index (χ1) is 11.2. The van der Waals surface area contributed by atoms with Crippen molar-refractivity contribution >= 4 is 17.9 Å². The number of carbonyl (C=O) groups is 3. The van der Waals surface area contributed by atoms with Crippen LogP contribution in [0, 0.1) is 5.92 Å². The van der Waals surface area contributed by atoms with Crippen LogP contribution in [0.4, 0.5) is 0 Å². The van der Waals surface area contributed by atoms with E-state index in [1.54, 1.807) is 13.8 Å². The monoisotopic (exact) mass is 338 g/mol. The molecule has 1 aromatic carbocycles. The zero-order chi connectivity index (χ0) is 18.7. The Morgan fingerprint density at radius 2 is 1.62 bits per heavy atom. The van der Waals surface area contributed by atoms with Gasteiger partial charge in [0, 0.05) is 0 Å². The molecule has 0 saturated heterocycles. The van der Waals surface area contributed by atoms with Crippen molar-refractivity contribution in [2.24, 2.45) is 5.92 Å². The van der Waals surface area contributed by atoms with Gasteiger partial charge in [0.15, 0.2) is 0 Å². The molecule has 0 saturated carbocycles. The first-order valence-electron chi connectivity index (χ1n) is 7.97. The third-order valence-corrected chi connectivity index (χ3v) is 3.02. The molecule has 0 aliphatic heterocycles. The standard InChI is InChI=1S/C12H12O5.C6H14O/c1-7(2)11(15)17-12(16)9-6-4-3-5-8(9)10(13)14;1-3-4-5-6(2)7/h3-7H,1-2H3,(H,13,14);6-7H,3-5H2,1-2H3. The maximum Gasteiger partial charge on any atom is 0.346 e. The summed E-state index contributed by atoms with van der Waals surface area (Å²) in [6.07, 6.45) is 3.19. The quantitative estimate of drug-likeness (QED) is 0.610. The lowest BCUT2D eigenvalue weighted by Gasteiger charge is -2.07. The Kier molecular flexibility index (Phi) is 10.3. The molecule has 6 heteroatoms. The summed E-state index contributed by atoms with van der Waals surface area (Å²) >= 11 is 0. The van der Waals surface area contributed by atoms with Crippen molar-refractivity contribution in [1.29, 1.82) is 0 Å². The first kappa shape index (κ1) is 21.8. The summed E-state index contributed by atoms with van der Waals surface area (Å²) in [6.45, 7) is 7.12. The predicted octanol–water partition coefficient (Wildman–Crippen LogP) is 3.28. The highest BCUT2D eigenvalue weighted by molar-refractivity contribution is 6.05. The van der Waals surface area contributed by atoms with Crippen molar-refractivity contribution in [3.05, 3.63) is 35.4 Å². The normalized spacial score (nSPS) is 11.2. The van der Waals surface area contributed by atoms with E-state index in [-0.39, 0.29) is 17.2 Å². The van der Waals surface area contributed by atoms with Crippen LogP contribution in [0.5, 0.6) is 0 Å². The third-order valence-electron chi connectivity index (χ3n) is 3.02. The van der Waals surface area contributed by atoms with Crippen molar-refractivity contribution in [2.45, 2.75) is 53.1 Å². The number of aliphatic hydroxyl groups is 1. The van der Waals surface area contributed by atoms with Crippen LogP contribution in [0.15, 0.2) is 24.3 Å². The topological polar surface area (TPSA) is 101 Å². The number of hydrogen-bond acceptors (Lipinski definition) is 5. The summed E-state index contributed by atoms with van der Waals surface area (Å²) in [7, 11) is 0. The fraction of sp³-hybridized carbons (Fsp3) is 0.500. The molecule has 0 aliphatic carbocycles. The molecule has 0 heterocycles. The lowest BCUT2D eigenvalue weighted by molar-refractivity contribution is -0.141. The molecule has 1 aromatic rings. The Balaban J connectivity index is 0.000000640. The number of hydrogen-bond donors (Lipinski definition) is 2. The van der Waals surface area contributed by atoms with Crippen LogP contribution in [0.1, 0.15) is 67.7 Å². The molecule has 0 fully saturated rings. The Morgan fingerprint density at radius 3 is 2.00 bits per heavy atom. The maximum atomic E-state index is 11.6. The summed E-state index contributed by atoms with van der Waals surface area (Å²) < 4.78 is 4.55. The van der Waals surface area contributed by atoms with E-state index in [2.05, 4.69) is 11.7 Å². The lowest BCUT2D eigenvalue weighted by atomic mass is 10.1. The molecule has 0 aromatic heterocycles. The van der Waals surface area contributed by atoms with Crippen LogP contribution in [0.25, 0.3) is 0 Å². The second-order valence-electron chi connectivity index (χ2n) is 5.71. The molecule has 0 spiro atoms. The Morgan fingerprint density at radius 1 is 1.08 bits per heavy atom. The molecular weight excluding hydrogens is 312 g/mol. The molecule has 0 aliphatic rings. The second kappa shape index (κ2) is 11.3. The first-order valence-corrected chi connectivity index (χ1v) is 7.97. The Bertz CT molecular complexity index is 548. The highest BCUT2D eigenvalue weighted by Gasteiger charge is 2.20.